The van der Waals surface area contributed by atoms with E-state index < -0.39 is 0 Å². The summed E-state index contributed by atoms with van der Waals surface area (Å²) >= 11 is 0. The first-order valence-electron chi connectivity index (χ1n) is 4.34. The Morgan fingerprint density at radius 1 is 1.54 bits per heavy atom. The lowest BCUT2D eigenvalue weighted by atomic mass is 10.2. The molecule has 0 saturated carbocycles. The van der Waals surface area contributed by atoms with Crippen molar-refractivity contribution in [3.8, 4) is 0 Å². The van der Waals surface area contributed by atoms with Crippen molar-refractivity contribution in [2.24, 2.45) is 0 Å². The highest BCUT2D eigenvalue weighted by Crippen LogP contribution is 2.02. The molecule has 0 aromatic carbocycles. The van der Waals surface area contributed by atoms with Gasteiger partial charge in [-0.05, 0) is 12.8 Å². The summed E-state index contributed by atoms with van der Waals surface area (Å²) in [6.45, 7) is 9.55. The maximum Gasteiger partial charge on any atom is 0.333 e. The van der Waals surface area contributed by atoms with Crippen LogP contribution in [0.1, 0.15) is 19.8 Å². The molecule has 0 aliphatic carbocycles. The summed E-state index contributed by atoms with van der Waals surface area (Å²) in [6, 6.07) is 0. The highest BCUT2D eigenvalue weighted by Gasteiger charge is 2.04. The van der Waals surface area contributed by atoms with Crippen LogP contribution in [-0.2, 0) is 9.53 Å². The van der Waals surface area contributed by atoms with Gasteiger partial charge in [-0.2, -0.15) is 0 Å². The lowest BCUT2D eigenvalue weighted by Gasteiger charge is -2.02. The van der Waals surface area contributed by atoms with Gasteiger partial charge in [0.1, 0.15) is 0 Å². The van der Waals surface area contributed by atoms with Crippen LogP contribution < -0.4 is 0 Å². The van der Waals surface area contributed by atoms with E-state index in [1.807, 2.05) is 13.0 Å². The summed E-state index contributed by atoms with van der Waals surface area (Å²) in [5.41, 5.74) is 0.478. The van der Waals surface area contributed by atoms with Crippen LogP contribution in [0, 0.1) is 0 Å². The van der Waals surface area contributed by atoms with E-state index >= 15 is 0 Å². The lowest BCUT2D eigenvalue weighted by molar-refractivity contribution is -0.139. The molecule has 0 radical (unpaired) electrons. The highest BCUT2D eigenvalue weighted by atomic mass is 16.5. The molecule has 0 rings (SSSR count). The molecule has 0 fully saturated rings. The topological polar surface area (TPSA) is 26.3 Å². The fourth-order valence-corrected chi connectivity index (χ4v) is 0.687. The first-order valence-corrected chi connectivity index (χ1v) is 4.34. The number of rotatable bonds is 6. The molecule has 0 atom stereocenters. The van der Waals surface area contributed by atoms with E-state index in [0.29, 0.717) is 18.6 Å². The number of hydrogen-bond acceptors (Lipinski definition) is 2. The van der Waals surface area contributed by atoms with Crippen LogP contribution >= 0.6 is 0 Å². The summed E-state index contributed by atoms with van der Waals surface area (Å²) < 4.78 is 4.89. The summed E-state index contributed by atoms with van der Waals surface area (Å²) in [5.74, 6) is -0.310. The van der Waals surface area contributed by atoms with E-state index in [4.69, 9.17) is 4.74 Å². The predicted octanol–water partition coefficient (Wildman–Crippen LogP) is 2.63. The summed E-state index contributed by atoms with van der Waals surface area (Å²) in [7, 11) is 0. The van der Waals surface area contributed by atoms with E-state index in [0.717, 1.165) is 6.42 Å². The van der Waals surface area contributed by atoms with Gasteiger partial charge in [-0.3, -0.25) is 0 Å². The quantitative estimate of drug-likeness (QED) is 0.357. The van der Waals surface area contributed by atoms with Gasteiger partial charge >= 0.3 is 5.97 Å². The van der Waals surface area contributed by atoms with Gasteiger partial charge in [0.05, 0.1) is 6.61 Å². The Kier molecular flexibility index (Phi) is 6.60. The second-order valence-corrected chi connectivity index (χ2v) is 2.61. The number of allylic oxidation sites excluding steroid dienone is 3. The number of carbonyl (C=O) groups excluding carboxylic acids is 1. The Morgan fingerprint density at radius 3 is 2.77 bits per heavy atom. The second kappa shape index (κ2) is 7.35. The van der Waals surface area contributed by atoms with Crippen LogP contribution in [0.15, 0.2) is 37.0 Å². The minimum atomic E-state index is -0.310. The molecule has 13 heavy (non-hydrogen) atoms. The van der Waals surface area contributed by atoms with E-state index in [9.17, 15) is 4.79 Å². The predicted molar refractivity (Wildman–Crippen MR) is 54.3 cm³/mol. The van der Waals surface area contributed by atoms with Crippen LogP contribution in [0.5, 0.6) is 0 Å². The monoisotopic (exact) mass is 180 g/mol. The molecule has 0 aliphatic heterocycles. The summed E-state index contributed by atoms with van der Waals surface area (Å²) in [6.07, 6.45) is 6.61. The van der Waals surface area contributed by atoms with E-state index in [1.54, 1.807) is 12.2 Å². The third-order valence-electron chi connectivity index (χ3n) is 1.36. The normalized spacial score (nSPS) is 9.92. The number of esters is 1. The lowest BCUT2D eigenvalue weighted by Crippen LogP contribution is -2.07. The molecule has 2 nitrogen and oxygen atoms in total. The van der Waals surface area contributed by atoms with E-state index in [-0.39, 0.29) is 5.97 Å². The Balaban J connectivity index is 3.76. The molecule has 0 heterocycles. The molecule has 2 heteroatoms. The van der Waals surface area contributed by atoms with Crippen molar-refractivity contribution in [3.63, 3.8) is 0 Å². The maximum atomic E-state index is 11.1. The smallest absolute Gasteiger partial charge is 0.333 e. The zero-order chi connectivity index (χ0) is 10.1. The van der Waals surface area contributed by atoms with Gasteiger partial charge in [0.2, 0.25) is 0 Å². The van der Waals surface area contributed by atoms with Crippen molar-refractivity contribution in [2.75, 3.05) is 6.61 Å². The van der Waals surface area contributed by atoms with Crippen molar-refractivity contribution in [1.29, 1.82) is 0 Å². The Hall–Kier alpha value is -1.31. The largest absolute Gasteiger partial charge is 0.462 e. The second-order valence-electron chi connectivity index (χ2n) is 2.61. The molecule has 0 aliphatic rings. The number of ether oxygens (including phenoxy) is 1. The van der Waals surface area contributed by atoms with Crippen LogP contribution in [0.4, 0.5) is 0 Å². The van der Waals surface area contributed by atoms with Crippen molar-refractivity contribution >= 4 is 5.97 Å². The minimum absolute atomic E-state index is 0.310. The molecule has 0 amide bonds. The third-order valence-corrected chi connectivity index (χ3v) is 1.36. The standard InChI is InChI=1S/C11H16O2/c1-4-6-7-8-10(3)11(12)13-9-5-2/h4,6-7H,1,3,5,8-9H2,2H3. The van der Waals surface area contributed by atoms with E-state index in [1.165, 1.54) is 0 Å². The van der Waals surface area contributed by atoms with Gasteiger partial charge in [0.15, 0.2) is 0 Å². The van der Waals surface area contributed by atoms with Gasteiger partial charge in [-0.25, -0.2) is 4.79 Å². The van der Waals surface area contributed by atoms with Crippen molar-refractivity contribution in [2.45, 2.75) is 19.8 Å². The SMILES string of the molecule is C=CC=CCC(=C)C(=O)OCCC. The minimum Gasteiger partial charge on any atom is -0.462 e. The van der Waals surface area contributed by atoms with Gasteiger partial charge in [0, 0.05) is 5.57 Å². The molecule has 0 aromatic rings. The van der Waals surface area contributed by atoms with Gasteiger partial charge < -0.3 is 4.74 Å². The van der Waals surface area contributed by atoms with Crippen LogP contribution in [-0.4, -0.2) is 12.6 Å². The Morgan fingerprint density at radius 2 is 2.23 bits per heavy atom. The van der Waals surface area contributed by atoms with Crippen LogP contribution in [0.3, 0.4) is 0 Å². The summed E-state index contributed by atoms with van der Waals surface area (Å²) in [4.78, 5) is 11.1. The number of hydrogen-bond donors (Lipinski definition) is 0. The maximum absolute atomic E-state index is 11.1. The zero-order valence-electron chi connectivity index (χ0n) is 8.08. The van der Waals surface area contributed by atoms with Crippen molar-refractivity contribution < 1.29 is 9.53 Å². The zero-order valence-corrected chi connectivity index (χ0v) is 8.08. The van der Waals surface area contributed by atoms with Crippen LogP contribution in [0.2, 0.25) is 0 Å². The van der Waals surface area contributed by atoms with Crippen molar-refractivity contribution in [3.05, 3.63) is 37.0 Å². The first-order chi connectivity index (χ1) is 6.22. The average molecular weight is 180 g/mol. The fraction of sp³-hybridized carbons (Fsp3) is 0.364. The molecule has 0 saturated heterocycles. The molecule has 0 bridgehead atoms. The number of carbonyl (C=O) groups is 1. The van der Waals surface area contributed by atoms with Crippen molar-refractivity contribution in [1.82, 2.24) is 0 Å². The molecule has 72 valence electrons. The highest BCUT2D eigenvalue weighted by molar-refractivity contribution is 5.87. The first kappa shape index (κ1) is 11.7. The fourth-order valence-electron chi connectivity index (χ4n) is 0.687. The van der Waals surface area contributed by atoms with Gasteiger partial charge in [-0.1, -0.05) is 38.3 Å². The molecule has 0 aromatic heterocycles. The molecular weight excluding hydrogens is 164 g/mol. The molecule has 0 unspecified atom stereocenters. The molecule has 0 spiro atoms. The summed E-state index contributed by atoms with van der Waals surface area (Å²) in [5, 5.41) is 0. The molecule has 0 N–H and O–H groups in total. The van der Waals surface area contributed by atoms with Gasteiger partial charge in [0.25, 0.3) is 0 Å². The van der Waals surface area contributed by atoms with Gasteiger partial charge in [-0.15, -0.1) is 0 Å². The third kappa shape index (κ3) is 5.91. The Labute approximate surface area is 79.6 Å². The average Bonchev–Trinajstić information content (AvgIpc) is 2.14. The molecular formula is C11H16O2. The Bertz CT molecular complexity index is 214. The van der Waals surface area contributed by atoms with E-state index in [2.05, 4.69) is 13.2 Å². The van der Waals surface area contributed by atoms with Crippen LogP contribution in [0.25, 0.3) is 0 Å².